The summed E-state index contributed by atoms with van der Waals surface area (Å²) in [4.78, 5) is 29.5. The molecule has 3 aliphatic rings. The van der Waals surface area contributed by atoms with Gasteiger partial charge in [-0.05, 0) is 55.0 Å². The minimum absolute atomic E-state index is 0.262. The molecule has 0 N–H and O–H groups in total. The molecule has 3 heterocycles. The number of nitriles is 2. The highest BCUT2D eigenvalue weighted by Crippen LogP contribution is 2.64. The van der Waals surface area contributed by atoms with Gasteiger partial charge in [0.15, 0.2) is 0 Å². The molecule has 3 saturated heterocycles. The quantitative estimate of drug-likeness (QED) is 0.356. The third-order valence-electron chi connectivity index (χ3n) is 8.81. The summed E-state index contributed by atoms with van der Waals surface area (Å²) >= 11 is 0. The monoisotopic (exact) mass is 519 g/mol. The maximum atomic E-state index is 14.2. The Bertz CT molecular complexity index is 1550. The zero-order valence-corrected chi connectivity index (χ0v) is 21.9. The Labute approximate surface area is 227 Å². The van der Waals surface area contributed by atoms with Crippen LogP contribution in [0.25, 0.3) is 10.8 Å². The number of fused-ring (bicyclic) bond motifs is 6. The fraction of sp³-hybridized carbons (Fsp3) is 0.375. The lowest BCUT2D eigenvalue weighted by atomic mass is 9.65. The molecule has 2 amide bonds. The van der Waals surface area contributed by atoms with Gasteiger partial charge in [-0.3, -0.25) is 9.59 Å². The summed E-state index contributed by atoms with van der Waals surface area (Å²) in [5.74, 6) is -1.09. The standard InChI is InChI=1S/C32H29N3O4/c1-2-3-14-31-15-16-32(39-31,17-18-38-23-11-8-21(19-33)9-12-23)28-27(31)29(36)35(30(28)37)26-13-10-22-6-4-5-7-24(22)25(26)20-34/h4-13,27-28H,2-3,14-18H2,1H3. The molecule has 39 heavy (non-hydrogen) atoms. The van der Waals surface area contributed by atoms with Crippen LogP contribution < -0.4 is 9.64 Å². The van der Waals surface area contributed by atoms with Gasteiger partial charge in [-0.2, -0.15) is 10.5 Å². The zero-order valence-electron chi connectivity index (χ0n) is 21.9. The van der Waals surface area contributed by atoms with E-state index < -0.39 is 23.0 Å². The zero-order chi connectivity index (χ0) is 27.2. The number of rotatable bonds is 8. The second-order valence-corrected chi connectivity index (χ2v) is 10.8. The van der Waals surface area contributed by atoms with Gasteiger partial charge in [-0.25, -0.2) is 4.90 Å². The molecule has 7 heteroatoms. The lowest BCUT2D eigenvalue weighted by Gasteiger charge is -2.31. The number of carbonyl (C=O) groups excluding carboxylic acids is 2. The molecule has 4 unspecified atom stereocenters. The molecule has 3 aromatic rings. The maximum Gasteiger partial charge on any atom is 0.240 e. The Morgan fingerprint density at radius 3 is 2.28 bits per heavy atom. The molecule has 7 nitrogen and oxygen atoms in total. The number of imide groups is 1. The van der Waals surface area contributed by atoms with Gasteiger partial charge in [0.25, 0.3) is 0 Å². The summed E-state index contributed by atoms with van der Waals surface area (Å²) in [5.41, 5.74) is -0.227. The lowest BCUT2D eigenvalue weighted by Crippen LogP contribution is -2.43. The molecule has 3 aromatic carbocycles. The molecule has 3 fully saturated rings. The molecule has 2 bridgehead atoms. The largest absolute Gasteiger partial charge is 0.493 e. The highest BCUT2D eigenvalue weighted by Gasteiger charge is 2.75. The molecule has 4 atom stereocenters. The minimum Gasteiger partial charge on any atom is -0.493 e. The number of nitrogens with zero attached hydrogens (tertiary/aromatic N) is 3. The van der Waals surface area contributed by atoms with Gasteiger partial charge < -0.3 is 9.47 Å². The predicted octanol–water partition coefficient (Wildman–Crippen LogP) is 5.65. The summed E-state index contributed by atoms with van der Waals surface area (Å²) < 4.78 is 12.8. The first-order chi connectivity index (χ1) is 19.0. The van der Waals surface area contributed by atoms with Crippen LogP contribution in [-0.4, -0.2) is 29.6 Å². The van der Waals surface area contributed by atoms with Crippen LogP contribution in [-0.2, 0) is 14.3 Å². The molecule has 196 valence electrons. The van der Waals surface area contributed by atoms with Crippen molar-refractivity contribution in [3.05, 3.63) is 71.8 Å². The van der Waals surface area contributed by atoms with Crippen LogP contribution in [0, 0.1) is 34.5 Å². The van der Waals surface area contributed by atoms with E-state index >= 15 is 0 Å². The van der Waals surface area contributed by atoms with E-state index in [4.69, 9.17) is 14.7 Å². The third kappa shape index (κ3) is 3.80. The Morgan fingerprint density at radius 1 is 0.923 bits per heavy atom. The number of anilines is 1. The first-order valence-electron chi connectivity index (χ1n) is 13.6. The average molecular weight is 520 g/mol. The minimum atomic E-state index is -0.795. The van der Waals surface area contributed by atoms with Crippen LogP contribution in [0.5, 0.6) is 5.75 Å². The van der Waals surface area contributed by atoms with E-state index in [1.807, 2.05) is 30.3 Å². The fourth-order valence-electron chi connectivity index (χ4n) is 7.01. The van der Waals surface area contributed by atoms with Crippen molar-refractivity contribution in [3.63, 3.8) is 0 Å². The van der Waals surface area contributed by atoms with Crippen molar-refractivity contribution in [1.82, 2.24) is 0 Å². The predicted molar refractivity (Wildman–Crippen MR) is 145 cm³/mol. The molecule has 6 rings (SSSR count). The van der Waals surface area contributed by atoms with Crippen molar-refractivity contribution in [1.29, 1.82) is 10.5 Å². The van der Waals surface area contributed by atoms with Crippen molar-refractivity contribution >= 4 is 28.3 Å². The van der Waals surface area contributed by atoms with E-state index in [1.54, 1.807) is 30.3 Å². The van der Waals surface area contributed by atoms with E-state index in [0.29, 0.717) is 42.0 Å². The number of benzene rings is 3. The van der Waals surface area contributed by atoms with Gasteiger partial charge >= 0.3 is 0 Å². The molecule has 0 saturated carbocycles. The average Bonchev–Trinajstić information content (AvgIpc) is 3.57. The lowest BCUT2D eigenvalue weighted by molar-refractivity contribution is -0.132. The Hall–Kier alpha value is -4.20. The first kappa shape index (κ1) is 25.1. The van der Waals surface area contributed by atoms with Crippen LogP contribution in [0.4, 0.5) is 5.69 Å². The normalized spacial score (nSPS) is 27.0. The molecule has 3 aliphatic heterocycles. The second kappa shape index (κ2) is 9.52. The van der Waals surface area contributed by atoms with Gasteiger partial charge in [-0.15, -0.1) is 0 Å². The Kier molecular flexibility index (Phi) is 6.13. The number of carbonyl (C=O) groups is 2. The van der Waals surface area contributed by atoms with Crippen molar-refractivity contribution in [2.24, 2.45) is 11.8 Å². The summed E-state index contributed by atoms with van der Waals surface area (Å²) in [5, 5.41) is 20.7. The number of unbranched alkanes of at least 4 members (excludes halogenated alkanes) is 1. The van der Waals surface area contributed by atoms with Crippen LogP contribution >= 0.6 is 0 Å². The highest BCUT2D eigenvalue weighted by atomic mass is 16.5. The molecule has 0 aliphatic carbocycles. The van der Waals surface area contributed by atoms with Gasteiger partial charge in [0.1, 0.15) is 11.8 Å². The molecule has 0 aromatic heterocycles. The van der Waals surface area contributed by atoms with Crippen molar-refractivity contribution in [2.45, 2.75) is 56.7 Å². The van der Waals surface area contributed by atoms with Gasteiger partial charge in [0, 0.05) is 11.8 Å². The second-order valence-electron chi connectivity index (χ2n) is 10.8. The molecular weight excluding hydrogens is 490 g/mol. The van der Waals surface area contributed by atoms with Crippen molar-refractivity contribution in [2.75, 3.05) is 11.5 Å². The van der Waals surface area contributed by atoms with E-state index in [2.05, 4.69) is 19.1 Å². The maximum absolute atomic E-state index is 14.2. The molecule has 0 spiro atoms. The summed E-state index contributed by atoms with van der Waals surface area (Å²) in [6.07, 6.45) is 4.47. The smallest absolute Gasteiger partial charge is 0.240 e. The van der Waals surface area contributed by atoms with Crippen molar-refractivity contribution in [3.8, 4) is 17.9 Å². The molecular formula is C32H29N3O4. The van der Waals surface area contributed by atoms with Crippen molar-refractivity contribution < 1.29 is 19.1 Å². The van der Waals surface area contributed by atoms with E-state index in [-0.39, 0.29) is 11.8 Å². The number of hydrogen-bond acceptors (Lipinski definition) is 6. The summed E-state index contributed by atoms with van der Waals surface area (Å²) in [6.45, 7) is 2.43. The molecule has 0 radical (unpaired) electrons. The number of ether oxygens (including phenoxy) is 2. The van der Waals surface area contributed by atoms with Crippen LogP contribution in [0.1, 0.15) is 56.6 Å². The number of hydrogen-bond donors (Lipinski definition) is 0. The van der Waals surface area contributed by atoms with Gasteiger partial charge in [-0.1, -0.05) is 50.1 Å². The fourth-order valence-corrected chi connectivity index (χ4v) is 7.01. The van der Waals surface area contributed by atoms with E-state index in [1.165, 1.54) is 4.90 Å². The topological polar surface area (TPSA) is 103 Å². The Morgan fingerprint density at radius 2 is 1.62 bits per heavy atom. The summed E-state index contributed by atoms with van der Waals surface area (Å²) in [7, 11) is 0. The highest BCUT2D eigenvalue weighted by molar-refractivity contribution is 6.24. The van der Waals surface area contributed by atoms with E-state index in [0.717, 1.165) is 36.5 Å². The van der Waals surface area contributed by atoms with E-state index in [9.17, 15) is 14.9 Å². The first-order valence-corrected chi connectivity index (χ1v) is 13.6. The van der Waals surface area contributed by atoms with Crippen LogP contribution in [0.3, 0.4) is 0 Å². The van der Waals surface area contributed by atoms with Gasteiger partial charge in [0.05, 0.1) is 52.5 Å². The number of amides is 2. The summed E-state index contributed by atoms with van der Waals surface area (Å²) in [6, 6.07) is 22.4. The van der Waals surface area contributed by atoms with Gasteiger partial charge in [0.2, 0.25) is 11.8 Å². The van der Waals surface area contributed by atoms with Crippen LogP contribution in [0.15, 0.2) is 60.7 Å². The van der Waals surface area contributed by atoms with Crippen LogP contribution in [0.2, 0.25) is 0 Å². The third-order valence-corrected chi connectivity index (χ3v) is 8.81. The Balaban J connectivity index is 1.34. The SMILES string of the molecule is CCCCC12CCC(CCOc3ccc(C#N)cc3)(O1)C1C(=O)N(c3ccc4ccccc4c3C#N)C(=O)C12.